The monoisotopic (exact) mass is 244 g/mol. The molecule has 0 saturated carbocycles. The summed E-state index contributed by atoms with van der Waals surface area (Å²) in [7, 11) is 0. The van der Waals surface area contributed by atoms with Gasteiger partial charge in [-0.15, -0.1) is 0 Å². The molecule has 18 heavy (non-hydrogen) atoms. The van der Waals surface area contributed by atoms with Crippen LogP contribution in [0, 0.1) is 0 Å². The van der Waals surface area contributed by atoms with Crippen LogP contribution in [-0.4, -0.2) is 16.3 Å². The normalized spacial score (nSPS) is 12.6. The smallest absolute Gasteiger partial charge is 0.115 e. The Morgan fingerprint density at radius 3 is 1.39 bits per heavy atom. The fourth-order valence-electron chi connectivity index (χ4n) is 2.21. The van der Waals surface area contributed by atoms with Crippen molar-refractivity contribution in [1.82, 2.24) is 0 Å². The molecule has 2 aromatic carbocycles. The minimum absolute atomic E-state index is 0.159. The highest BCUT2D eigenvalue weighted by molar-refractivity contribution is 5.38. The highest BCUT2D eigenvalue weighted by Crippen LogP contribution is 2.28. The Labute approximate surface area is 107 Å². The zero-order chi connectivity index (χ0) is 13.1. The van der Waals surface area contributed by atoms with Crippen molar-refractivity contribution in [2.24, 2.45) is 0 Å². The molecule has 1 atom stereocenters. The molecule has 0 aliphatic heterocycles. The molecule has 0 bridgehead atoms. The Kier molecular flexibility index (Phi) is 3.53. The van der Waals surface area contributed by atoms with Crippen molar-refractivity contribution in [1.29, 1.82) is 0 Å². The van der Waals surface area contributed by atoms with Gasteiger partial charge < -0.3 is 15.9 Å². The van der Waals surface area contributed by atoms with E-state index in [1.165, 1.54) is 0 Å². The zero-order valence-electron chi connectivity index (χ0n) is 10.4. The van der Waals surface area contributed by atoms with Gasteiger partial charge in [-0.05, 0) is 42.3 Å². The predicted octanol–water partition coefficient (Wildman–Crippen LogP) is 1.86. The van der Waals surface area contributed by atoms with E-state index >= 15 is 0 Å². The van der Waals surface area contributed by atoms with Gasteiger partial charge in [-0.3, -0.25) is 0 Å². The molecule has 0 aliphatic carbocycles. The van der Waals surface area contributed by atoms with Crippen LogP contribution in [0.4, 0.5) is 0 Å². The van der Waals surface area contributed by atoms with Crippen LogP contribution in [0.2, 0.25) is 0 Å². The Hall–Kier alpha value is -2.00. The number of aromatic hydroxyl groups is 2. The predicted molar refractivity (Wildman–Crippen MR) is 70.4 cm³/mol. The second-order valence-electron chi connectivity index (χ2n) is 4.64. The molecular weight excluding hydrogens is 226 g/mol. The lowest BCUT2D eigenvalue weighted by molar-refractivity contribution is -0.417. The maximum atomic E-state index is 9.34. The number of phenols is 2. The van der Waals surface area contributed by atoms with E-state index < -0.39 is 0 Å². The third-order valence-electron chi connectivity index (χ3n) is 3.07. The van der Waals surface area contributed by atoms with E-state index in [9.17, 15) is 10.2 Å². The molecular formula is C15H18NO2+. The first-order valence-electron chi connectivity index (χ1n) is 5.99. The van der Waals surface area contributed by atoms with Crippen LogP contribution in [0.3, 0.4) is 0 Å². The maximum absolute atomic E-state index is 9.34. The van der Waals surface area contributed by atoms with Crippen molar-refractivity contribution in [3.63, 3.8) is 0 Å². The Morgan fingerprint density at radius 1 is 0.778 bits per heavy atom. The lowest BCUT2D eigenvalue weighted by Crippen LogP contribution is -2.61. The molecule has 1 unspecified atom stereocenters. The van der Waals surface area contributed by atoms with Gasteiger partial charge in [-0.25, -0.2) is 0 Å². The number of phenolic OH excluding ortho intramolecular Hbond substituents is 2. The summed E-state index contributed by atoms with van der Waals surface area (Å²) in [5.74, 6) is 0.686. The molecule has 0 heterocycles. The van der Waals surface area contributed by atoms with Crippen LogP contribution < -0.4 is 5.73 Å². The van der Waals surface area contributed by atoms with Crippen molar-refractivity contribution in [2.45, 2.75) is 18.9 Å². The molecule has 3 nitrogen and oxygen atoms in total. The average Bonchev–Trinajstić information content (AvgIpc) is 2.34. The van der Waals surface area contributed by atoms with Gasteiger partial charge in [0.2, 0.25) is 0 Å². The third kappa shape index (κ3) is 2.63. The average molecular weight is 244 g/mol. The molecule has 2 rings (SSSR count). The lowest BCUT2D eigenvalue weighted by Gasteiger charge is -2.19. The van der Waals surface area contributed by atoms with E-state index in [-0.39, 0.29) is 23.5 Å². The standard InChI is InChI=1S/C15H17NO2/c1-10(16)15(11-2-6-13(17)7-3-11)12-4-8-14(18)9-5-12/h2-10,15,17-18H,16H2,1H3/p+1. The van der Waals surface area contributed by atoms with Gasteiger partial charge in [-0.1, -0.05) is 24.3 Å². The second-order valence-corrected chi connectivity index (χ2v) is 4.64. The fourth-order valence-corrected chi connectivity index (χ4v) is 2.21. The zero-order valence-corrected chi connectivity index (χ0v) is 10.4. The SMILES string of the molecule is CC([NH3+])C(c1ccc(O)cc1)c1ccc(O)cc1. The summed E-state index contributed by atoms with van der Waals surface area (Å²) < 4.78 is 0. The summed E-state index contributed by atoms with van der Waals surface area (Å²) >= 11 is 0. The first-order chi connectivity index (χ1) is 8.58. The largest absolute Gasteiger partial charge is 0.508 e. The van der Waals surface area contributed by atoms with Gasteiger partial charge in [0.1, 0.15) is 11.5 Å². The van der Waals surface area contributed by atoms with Gasteiger partial charge in [0, 0.05) is 0 Å². The molecule has 5 N–H and O–H groups in total. The van der Waals surface area contributed by atoms with E-state index in [4.69, 9.17) is 0 Å². The summed E-state index contributed by atoms with van der Waals surface area (Å²) in [5.41, 5.74) is 6.34. The van der Waals surface area contributed by atoms with Crippen LogP contribution >= 0.6 is 0 Å². The summed E-state index contributed by atoms with van der Waals surface area (Å²) in [6.45, 7) is 2.06. The molecule has 0 spiro atoms. The number of hydrogen-bond acceptors (Lipinski definition) is 2. The lowest BCUT2D eigenvalue weighted by atomic mass is 9.86. The van der Waals surface area contributed by atoms with Gasteiger partial charge in [0.05, 0.1) is 12.0 Å². The minimum Gasteiger partial charge on any atom is -0.508 e. The Balaban J connectivity index is 2.39. The Bertz CT molecular complexity index is 458. The number of quaternary nitrogens is 1. The molecule has 94 valence electrons. The highest BCUT2D eigenvalue weighted by atomic mass is 16.3. The summed E-state index contributed by atoms with van der Waals surface area (Å²) in [4.78, 5) is 0. The van der Waals surface area contributed by atoms with Crippen LogP contribution in [0.1, 0.15) is 24.0 Å². The topological polar surface area (TPSA) is 68.1 Å². The summed E-state index contributed by atoms with van der Waals surface area (Å²) in [6.07, 6.45) is 0. The summed E-state index contributed by atoms with van der Waals surface area (Å²) in [5, 5.41) is 18.7. The van der Waals surface area contributed by atoms with Crippen molar-refractivity contribution < 1.29 is 15.9 Å². The van der Waals surface area contributed by atoms with E-state index in [0.717, 1.165) is 11.1 Å². The van der Waals surface area contributed by atoms with Crippen molar-refractivity contribution in [3.05, 3.63) is 59.7 Å². The molecule has 0 amide bonds. The maximum Gasteiger partial charge on any atom is 0.115 e. The molecule has 0 saturated heterocycles. The van der Waals surface area contributed by atoms with Crippen LogP contribution in [-0.2, 0) is 0 Å². The van der Waals surface area contributed by atoms with E-state index in [0.29, 0.717) is 0 Å². The van der Waals surface area contributed by atoms with Crippen molar-refractivity contribution in [3.8, 4) is 11.5 Å². The highest BCUT2D eigenvalue weighted by Gasteiger charge is 2.21. The first kappa shape index (κ1) is 12.5. The third-order valence-corrected chi connectivity index (χ3v) is 3.07. The minimum atomic E-state index is 0.159. The first-order valence-corrected chi connectivity index (χ1v) is 5.99. The van der Waals surface area contributed by atoms with Crippen LogP contribution in [0.25, 0.3) is 0 Å². The fraction of sp³-hybridized carbons (Fsp3) is 0.200. The van der Waals surface area contributed by atoms with Gasteiger partial charge in [-0.2, -0.15) is 0 Å². The van der Waals surface area contributed by atoms with E-state index in [1.807, 2.05) is 24.3 Å². The van der Waals surface area contributed by atoms with Crippen molar-refractivity contribution in [2.75, 3.05) is 0 Å². The van der Waals surface area contributed by atoms with Gasteiger partial charge >= 0.3 is 0 Å². The van der Waals surface area contributed by atoms with E-state index in [1.54, 1.807) is 24.3 Å². The molecule has 0 fully saturated rings. The molecule has 0 radical (unpaired) electrons. The molecule has 2 aromatic rings. The summed E-state index contributed by atoms with van der Waals surface area (Å²) in [6, 6.07) is 14.6. The molecule has 0 aromatic heterocycles. The Morgan fingerprint density at radius 2 is 1.11 bits per heavy atom. The molecule has 0 aliphatic rings. The van der Waals surface area contributed by atoms with Crippen LogP contribution in [0.15, 0.2) is 48.5 Å². The van der Waals surface area contributed by atoms with E-state index in [2.05, 4.69) is 12.7 Å². The number of rotatable bonds is 3. The molecule has 3 heteroatoms. The van der Waals surface area contributed by atoms with Gasteiger partial charge in [0.15, 0.2) is 0 Å². The van der Waals surface area contributed by atoms with Crippen LogP contribution in [0.5, 0.6) is 11.5 Å². The van der Waals surface area contributed by atoms with Gasteiger partial charge in [0.25, 0.3) is 0 Å². The number of hydrogen-bond donors (Lipinski definition) is 3. The second kappa shape index (κ2) is 5.10. The quantitative estimate of drug-likeness (QED) is 0.771. The van der Waals surface area contributed by atoms with Crippen molar-refractivity contribution >= 4 is 0 Å². The number of benzene rings is 2.